The lowest BCUT2D eigenvalue weighted by molar-refractivity contribution is 0.0602. The fraction of sp³-hybridized carbons (Fsp3) is 0.667. The van der Waals surface area contributed by atoms with Crippen molar-refractivity contribution < 1.29 is 14.6 Å². The number of aryl methyl sites for hydroxylation is 1. The number of esters is 1. The first kappa shape index (κ1) is 13.7. The Kier molecular flexibility index (Phi) is 3.94. The molecule has 1 fully saturated rings. The molecule has 0 bridgehead atoms. The SMILES string of the molecule is COC(=O)c1c(NC2CCC(O)CC2)nn(C)c1N. The first-order chi connectivity index (χ1) is 9.02. The molecule has 106 valence electrons. The number of ether oxygens (including phenoxy) is 1. The quantitative estimate of drug-likeness (QED) is 0.690. The summed E-state index contributed by atoms with van der Waals surface area (Å²) in [4.78, 5) is 11.7. The van der Waals surface area contributed by atoms with E-state index >= 15 is 0 Å². The number of aliphatic hydroxyl groups excluding tert-OH is 1. The van der Waals surface area contributed by atoms with Crippen molar-refractivity contribution in [3.63, 3.8) is 0 Å². The molecule has 4 N–H and O–H groups in total. The molecular formula is C12H20N4O3. The lowest BCUT2D eigenvalue weighted by Crippen LogP contribution is -2.29. The van der Waals surface area contributed by atoms with Gasteiger partial charge in [0.1, 0.15) is 11.4 Å². The van der Waals surface area contributed by atoms with E-state index in [9.17, 15) is 9.90 Å². The standard InChI is InChI=1S/C12H20N4O3/c1-16-10(13)9(12(18)19-2)11(15-16)14-7-3-5-8(17)6-4-7/h7-8,17H,3-6,13H2,1-2H3,(H,14,15). The van der Waals surface area contributed by atoms with E-state index in [0.717, 1.165) is 25.7 Å². The smallest absolute Gasteiger partial charge is 0.345 e. The molecule has 1 heterocycles. The van der Waals surface area contributed by atoms with Gasteiger partial charge in [-0.3, -0.25) is 4.68 Å². The highest BCUT2D eigenvalue weighted by molar-refractivity contribution is 5.99. The average Bonchev–Trinajstić information content (AvgIpc) is 2.67. The van der Waals surface area contributed by atoms with E-state index in [4.69, 9.17) is 10.5 Å². The number of hydrogen-bond acceptors (Lipinski definition) is 6. The van der Waals surface area contributed by atoms with Crippen molar-refractivity contribution in [1.29, 1.82) is 0 Å². The van der Waals surface area contributed by atoms with Gasteiger partial charge in [0.25, 0.3) is 0 Å². The number of nitrogens with one attached hydrogen (secondary N) is 1. The Labute approximate surface area is 111 Å². The first-order valence-corrected chi connectivity index (χ1v) is 6.38. The van der Waals surface area contributed by atoms with E-state index in [1.54, 1.807) is 7.05 Å². The fourth-order valence-corrected chi connectivity index (χ4v) is 2.35. The number of carbonyl (C=O) groups is 1. The van der Waals surface area contributed by atoms with Gasteiger partial charge in [0.15, 0.2) is 5.82 Å². The molecule has 1 aromatic heterocycles. The summed E-state index contributed by atoms with van der Waals surface area (Å²) < 4.78 is 6.18. The van der Waals surface area contributed by atoms with Crippen LogP contribution in [0.1, 0.15) is 36.0 Å². The van der Waals surface area contributed by atoms with E-state index in [1.165, 1.54) is 11.8 Å². The third-order valence-corrected chi connectivity index (χ3v) is 3.52. The van der Waals surface area contributed by atoms with Crippen LogP contribution in [0.15, 0.2) is 0 Å². The van der Waals surface area contributed by atoms with E-state index in [-0.39, 0.29) is 23.5 Å². The largest absolute Gasteiger partial charge is 0.465 e. The maximum Gasteiger partial charge on any atom is 0.345 e. The number of anilines is 2. The molecule has 2 rings (SSSR count). The maximum absolute atomic E-state index is 11.7. The van der Waals surface area contributed by atoms with Crippen molar-refractivity contribution in [3.8, 4) is 0 Å². The predicted molar refractivity (Wildman–Crippen MR) is 70.8 cm³/mol. The summed E-state index contributed by atoms with van der Waals surface area (Å²) in [5.74, 6) is 0.238. The molecule has 0 unspecified atom stereocenters. The molecule has 1 aromatic rings. The van der Waals surface area contributed by atoms with E-state index < -0.39 is 5.97 Å². The Hall–Kier alpha value is -1.76. The molecule has 0 aliphatic heterocycles. The van der Waals surface area contributed by atoms with E-state index in [0.29, 0.717) is 5.82 Å². The number of nitrogens with two attached hydrogens (primary N) is 1. The van der Waals surface area contributed by atoms with Crippen LogP contribution >= 0.6 is 0 Å². The first-order valence-electron chi connectivity index (χ1n) is 6.38. The molecule has 19 heavy (non-hydrogen) atoms. The van der Waals surface area contributed by atoms with Crippen LogP contribution in [-0.2, 0) is 11.8 Å². The van der Waals surface area contributed by atoms with Crippen LogP contribution in [0.25, 0.3) is 0 Å². The zero-order chi connectivity index (χ0) is 14.0. The summed E-state index contributed by atoms with van der Waals surface area (Å²) >= 11 is 0. The molecule has 0 spiro atoms. The van der Waals surface area contributed by atoms with Crippen LogP contribution < -0.4 is 11.1 Å². The molecule has 0 radical (unpaired) electrons. The van der Waals surface area contributed by atoms with Crippen LogP contribution in [0.2, 0.25) is 0 Å². The normalized spacial score (nSPS) is 23.1. The van der Waals surface area contributed by atoms with Crippen molar-refractivity contribution in [1.82, 2.24) is 9.78 Å². The van der Waals surface area contributed by atoms with Crippen LogP contribution in [0, 0.1) is 0 Å². The third-order valence-electron chi connectivity index (χ3n) is 3.52. The lowest BCUT2D eigenvalue weighted by atomic mass is 9.93. The Morgan fingerprint density at radius 2 is 2.11 bits per heavy atom. The fourth-order valence-electron chi connectivity index (χ4n) is 2.35. The minimum atomic E-state index is -0.496. The Morgan fingerprint density at radius 3 is 2.68 bits per heavy atom. The van der Waals surface area contributed by atoms with Gasteiger partial charge in [0, 0.05) is 13.1 Å². The zero-order valence-electron chi connectivity index (χ0n) is 11.2. The molecule has 0 saturated heterocycles. The van der Waals surface area contributed by atoms with Crippen LogP contribution in [0.4, 0.5) is 11.6 Å². The second-order valence-corrected chi connectivity index (χ2v) is 4.87. The highest BCUT2D eigenvalue weighted by Gasteiger charge is 2.25. The van der Waals surface area contributed by atoms with Crippen molar-refractivity contribution in [3.05, 3.63) is 5.56 Å². The Morgan fingerprint density at radius 1 is 1.47 bits per heavy atom. The molecular weight excluding hydrogens is 248 g/mol. The van der Waals surface area contributed by atoms with Gasteiger partial charge in [0.2, 0.25) is 0 Å². The van der Waals surface area contributed by atoms with Gasteiger partial charge < -0.3 is 20.9 Å². The number of nitrogen functional groups attached to an aromatic ring is 1. The van der Waals surface area contributed by atoms with Crippen LogP contribution in [0.5, 0.6) is 0 Å². The van der Waals surface area contributed by atoms with Gasteiger partial charge in [-0.1, -0.05) is 0 Å². The van der Waals surface area contributed by atoms with Crippen molar-refractivity contribution in [2.45, 2.75) is 37.8 Å². The van der Waals surface area contributed by atoms with Gasteiger partial charge in [-0.2, -0.15) is 5.10 Å². The second-order valence-electron chi connectivity index (χ2n) is 4.87. The van der Waals surface area contributed by atoms with Gasteiger partial charge in [-0.25, -0.2) is 4.79 Å². The minimum absolute atomic E-state index is 0.195. The van der Waals surface area contributed by atoms with Gasteiger partial charge in [-0.05, 0) is 25.7 Å². The van der Waals surface area contributed by atoms with Crippen LogP contribution in [0.3, 0.4) is 0 Å². The number of aromatic nitrogens is 2. The number of methoxy groups -OCH3 is 1. The summed E-state index contributed by atoms with van der Waals surface area (Å²) in [6.45, 7) is 0. The highest BCUT2D eigenvalue weighted by atomic mass is 16.5. The van der Waals surface area contributed by atoms with Crippen LogP contribution in [-0.4, -0.2) is 40.1 Å². The monoisotopic (exact) mass is 268 g/mol. The molecule has 7 heteroatoms. The van der Waals surface area contributed by atoms with Gasteiger partial charge in [0.05, 0.1) is 13.2 Å². The number of rotatable bonds is 3. The molecule has 0 atom stereocenters. The molecule has 0 aromatic carbocycles. The summed E-state index contributed by atoms with van der Waals surface area (Å²) in [5, 5.41) is 16.9. The number of aliphatic hydroxyl groups is 1. The number of hydrogen-bond donors (Lipinski definition) is 3. The Bertz CT molecular complexity index is 464. The molecule has 0 amide bonds. The summed E-state index contributed by atoms with van der Waals surface area (Å²) in [6.07, 6.45) is 2.99. The summed E-state index contributed by atoms with van der Waals surface area (Å²) in [5.41, 5.74) is 6.10. The molecule has 1 aliphatic rings. The third kappa shape index (κ3) is 2.81. The van der Waals surface area contributed by atoms with Gasteiger partial charge in [-0.15, -0.1) is 0 Å². The van der Waals surface area contributed by atoms with Gasteiger partial charge >= 0.3 is 5.97 Å². The highest BCUT2D eigenvalue weighted by Crippen LogP contribution is 2.26. The van der Waals surface area contributed by atoms with E-state index in [2.05, 4.69) is 10.4 Å². The van der Waals surface area contributed by atoms with Crippen molar-refractivity contribution in [2.75, 3.05) is 18.2 Å². The maximum atomic E-state index is 11.7. The topological polar surface area (TPSA) is 102 Å². The predicted octanol–water partition coefficient (Wildman–Crippen LogP) is 0.504. The molecule has 1 saturated carbocycles. The second kappa shape index (κ2) is 5.48. The summed E-state index contributed by atoms with van der Waals surface area (Å²) in [6, 6.07) is 0.195. The Balaban J connectivity index is 2.16. The summed E-state index contributed by atoms with van der Waals surface area (Å²) in [7, 11) is 2.99. The molecule has 7 nitrogen and oxygen atoms in total. The average molecular weight is 268 g/mol. The van der Waals surface area contributed by atoms with E-state index in [1.807, 2.05) is 0 Å². The van der Waals surface area contributed by atoms with Crippen molar-refractivity contribution >= 4 is 17.6 Å². The zero-order valence-corrected chi connectivity index (χ0v) is 11.2. The lowest BCUT2D eigenvalue weighted by Gasteiger charge is -2.26. The number of carbonyl (C=O) groups excluding carboxylic acids is 1. The van der Waals surface area contributed by atoms with Crippen molar-refractivity contribution in [2.24, 2.45) is 7.05 Å². The molecule has 1 aliphatic carbocycles. The minimum Gasteiger partial charge on any atom is -0.465 e. The number of nitrogens with zero attached hydrogens (tertiary/aromatic N) is 2.